The minimum atomic E-state index is -0.788. The van der Waals surface area contributed by atoms with Crippen molar-refractivity contribution in [2.24, 2.45) is 0 Å². The van der Waals surface area contributed by atoms with Crippen LogP contribution in [0.4, 0.5) is 5.69 Å². The number of ether oxygens (including phenoxy) is 1. The molecule has 0 saturated carbocycles. The van der Waals surface area contributed by atoms with Crippen LogP contribution in [0.3, 0.4) is 0 Å². The number of rotatable bonds is 6. The SMILES string of the molecule is CCOC(=O)CC[C@H](O)c1cnc(-c2ccccc2)c(N)c1. The molecule has 0 spiro atoms. The highest BCUT2D eigenvalue weighted by Gasteiger charge is 2.13. The second kappa shape index (κ2) is 7.56. The lowest BCUT2D eigenvalue weighted by Crippen LogP contribution is -2.08. The Kier molecular flexibility index (Phi) is 5.49. The van der Waals surface area contributed by atoms with E-state index in [1.165, 1.54) is 0 Å². The Morgan fingerprint density at radius 3 is 2.73 bits per heavy atom. The van der Waals surface area contributed by atoms with Crippen molar-refractivity contribution in [2.75, 3.05) is 12.3 Å². The first-order valence-corrected chi connectivity index (χ1v) is 7.26. The number of anilines is 1. The maximum absolute atomic E-state index is 11.3. The van der Waals surface area contributed by atoms with Gasteiger partial charge in [0.05, 0.1) is 24.1 Å². The molecule has 0 fully saturated rings. The van der Waals surface area contributed by atoms with E-state index in [0.717, 1.165) is 5.56 Å². The van der Waals surface area contributed by atoms with E-state index in [1.807, 2.05) is 30.3 Å². The van der Waals surface area contributed by atoms with E-state index in [1.54, 1.807) is 19.2 Å². The van der Waals surface area contributed by atoms with Crippen LogP contribution in [0.5, 0.6) is 0 Å². The molecule has 116 valence electrons. The molecular weight excluding hydrogens is 280 g/mol. The number of aliphatic hydroxyl groups excluding tert-OH is 1. The van der Waals surface area contributed by atoms with Crippen molar-refractivity contribution in [3.8, 4) is 11.3 Å². The van der Waals surface area contributed by atoms with Gasteiger partial charge in [-0.3, -0.25) is 9.78 Å². The highest BCUT2D eigenvalue weighted by atomic mass is 16.5. The van der Waals surface area contributed by atoms with Gasteiger partial charge in [-0.1, -0.05) is 30.3 Å². The summed E-state index contributed by atoms with van der Waals surface area (Å²) in [4.78, 5) is 15.6. The molecule has 0 aliphatic heterocycles. The third-order valence-corrected chi connectivity index (χ3v) is 3.30. The number of carbonyl (C=O) groups is 1. The van der Waals surface area contributed by atoms with E-state index in [4.69, 9.17) is 10.5 Å². The van der Waals surface area contributed by atoms with E-state index < -0.39 is 6.10 Å². The molecule has 1 atom stereocenters. The maximum Gasteiger partial charge on any atom is 0.305 e. The monoisotopic (exact) mass is 300 g/mol. The second-order valence-corrected chi connectivity index (χ2v) is 4.93. The Morgan fingerprint density at radius 1 is 1.36 bits per heavy atom. The van der Waals surface area contributed by atoms with Crippen LogP contribution in [0.15, 0.2) is 42.6 Å². The van der Waals surface area contributed by atoms with Crippen molar-refractivity contribution in [1.29, 1.82) is 0 Å². The molecule has 0 amide bonds. The molecule has 0 radical (unpaired) electrons. The maximum atomic E-state index is 11.3. The van der Waals surface area contributed by atoms with Gasteiger partial charge in [0.15, 0.2) is 0 Å². The molecule has 0 aliphatic carbocycles. The van der Waals surface area contributed by atoms with Crippen LogP contribution in [0.2, 0.25) is 0 Å². The van der Waals surface area contributed by atoms with Crippen molar-refractivity contribution in [1.82, 2.24) is 4.98 Å². The zero-order chi connectivity index (χ0) is 15.9. The summed E-state index contributed by atoms with van der Waals surface area (Å²) < 4.78 is 4.84. The van der Waals surface area contributed by atoms with Crippen LogP contribution in [-0.4, -0.2) is 22.7 Å². The van der Waals surface area contributed by atoms with Gasteiger partial charge in [-0.05, 0) is 19.4 Å². The largest absolute Gasteiger partial charge is 0.466 e. The molecule has 1 aromatic heterocycles. The number of nitrogens with two attached hydrogens (primary N) is 1. The summed E-state index contributed by atoms with van der Waals surface area (Å²) in [5.74, 6) is -0.316. The van der Waals surface area contributed by atoms with Crippen molar-refractivity contribution in [3.63, 3.8) is 0 Å². The molecule has 5 heteroatoms. The van der Waals surface area contributed by atoms with E-state index in [9.17, 15) is 9.90 Å². The van der Waals surface area contributed by atoms with E-state index in [0.29, 0.717) is 23.6 Å². The number of nitrogen functional groups attached to an aromatic ring is 1. The molecule has 3 N–H and O–H groups in total. The zero-order valence-corrected chi connectivity index (χ0v) is 12.5. The summed E-state index contributed by atoms with van der Waals surface area (Å²) in [5, 5.41) is 10.1. The predicted molar refractivity (Wildman–Crippen MR) is 84.9 cm³/mol. The average Bonchev–Trinajstić information content (AvgIpc) is 2.53. The van der Waals surface area contributed by atoms with Gasteiger partial charge < -0.3 is 15.6 Å². The van der Waals surface area contributed by atoms with Crippen LogP contribution in [0.25, 0.3) is 11.3 Å². The number of hydrogen-bond donors (Lipinski definition) is 2. The van der Waals surface area contributed by atoms with Gasteiger partial charge in [0, 0.05) is 23.7 Å². The number of aromatic nitrogens is 1. The fourth-order valence-electron chi connectivity index (χ4n) is 2.17. The Labute approximate surface area is 129 Å². The minimum absolute atomic E-state index is 0.162. The first kappa shape index (κ1) is 16.0. The summed E-state index contributed by atoms with van der Waals surface area (Å²) in [6.07, 6.45) is 1.25. The van der Waals surface area contributed by atoms with Crippen LogP contribution in [0.1, 0.15) is 31.4 Å². The lowest BCUT2D eigenvalue weighted by molar-refractivity contribution is -0.143. The van der Waals surface area contributed by atoms with Crippen LogP contribution >= 0.6 is 0 Å². The molecule has 1 aromatic carbocycles. The standard InChI is InChI=1S/C17H20N2O3/c1-2-22-16(21)9-8-15(20)13-10-14(18)17(19-11-13)12-6-4-3-5-7-12/h3-7,10-11,15,20H,2,8-9,18H2,1H3/t15-/m0/s1. The highest BCUT2D eigenvalue weighted by molar-refractivity contribution is 5.72. The van der Waals surface area contributed by atoms with Gasteiger partial charge in [-0.15, -0.1) is 0 Å². The number of nitrogens with zero attached hydrogens (tertiary/aromatic N) is 1. The molecule has 5 nitrogen and oxygen atoms in total. The van der Waals surface area contributed by atoms with Gasteiger partial charge in [0.2, 0.25) is 0 Å². The van der Waals surface area contributed by atoms with Gasteiger partial charge in [0.1, 0.15) is 0 Å². The van der Waals surface area contributed by atoms with Crippen molar-refractivity contribution in [2.45, 2.75) is 25.9 Å². The normalized spacial score (nSPS) is 11.9. The smallest absolute Gasteiger partial charge is 0.305 e. The van der Waals surface area contributed by atoms with Crippen molar-refractivity contribution in [3.05, 3.63) is 48.2 Å². The zero-order valence-electron chi connectivity index (χ0n) is 12.5. The highest BCUT2D eigenvalue weighted by Crippen LogP contribution is 2.27. The average molecular weight is 300 g/mol. The fraction of sp³-hybridized carbons (Fsp3) is 0.294. The van der Waals surface area contributed by atoms with Gasteiger partial charge in [-0.25, -0.2) is 0 Å². The Hall–Kier alpha value is -2.40. The van der Waals surface area contributed by atoms with Gasteiger partial charge >= 0.3 is 5.97 Å². The van der Waals surface area contributed by atoms with Crippen LogP contribution < -0.4 is 5.73 Å². The predicted octanol–water partition coefficient (Wildman–Crippen LogP) is 2.71. The molecule has 0 saturated heterocycles. The Morgan fingerprint density at radius 2 is 2.09 bits per heavy atom. The molecule has 0 bridgehead atoms. The third-order valence-electron chi connectivity index (χ3n) is 3.30. The van der Waals surface area contributed by atoms with Crippen LogP contribution in [-0.2, 0) is 9.53 Å². The first-order chi connectivity index (χ1) is 10.6. The quantitative estimate of drug-likeness (QED) is 0.801. The number of esters is 1. The summed E-state index contributed by atoms with van der Waals surface area (Å²) >= 11 is 0. The molecule has 0 aliphatic rings. The summed E-state index contributed by atoms with van der Waals surface area (Å²) in [6.45, 7) is 2.09. The van der Waals surface area contributed by atoms with Gasteiger partial charge in [0.25, 0.3) is 0 Å². The van der Waals surface area contributed by atoms with Crippen LogP contribution in [0, 0.1) is 0 Å². The lowest BCUT2D eigenvalue weighted by atomic mass is 10.0. The van der Waals surface area contributed by atoms with Crippen molar-refractivity contribution < 1.29 is 14.6 Å². The summed E-state index contributed by atoms with van der Waals surface area (Å²) in [7, 11) is 0. The number of benzene rings is 1. The number of carbonyl (C=O) groups excluding carboxylic acids is 1. The molecular formula is C17H20N2O3. The molecule has 22 heavy (non-hydrogen) atoms. The van der Waals surface area contributed by atoms with E-state index >= 15 is 0 Å². The number of pyridine rings is 1. The minimum Gasteiger partial charge on any atom is -0.466 e. The first-order valence-electron chi connectivity index (χ1n) is 7.26. The van der Waals surface area contributed by atoms with E-state index in [2.05, 4.69) is 4.98 Å². The van der Waals surface area contributed by atoms with Gasteiger partial charge in [-0.2, -0.15) is 0 Å². The molecule has 0 unspecified atom stereocenters. The Balaban J connectivity index is 2.07. The number of hydrogen-bond acceptors (Lipinski definition) is 5. The Bertz CT molecular complexity index is 629. The van der Waals surface area contributed by atoms with E-state index in [-0.39, 0.29) is 18.8 Å². The van der Waals surface area contributed by atoms with Crippen molar-refractivity contribution >= 4 is 11.7 Å². The second-order valence-electron chi connectivity index (χ2n) is 4.93. The molecule has 1 heterocycles. The topological polar surface area (TPSA) is 85.4 Å². The summed E-state index contributed by atoms with van der Waals surface area (Å²) in [5.41, 5.74) is 8.73. The molecule has 2 aromatic rings. The third kappa shape index (κ3) is 4.05. The lowest BCUT2D eigenvalue weighted by Gasteiger charge is -2.12. The fourth-order valence-corrected chi connectivity index (χ4v) is 2.17. The molecule has 2 rings (SSSR count). The number of aliphatic hydroxyl groups is 1. The summed E-state index contributed by atoms with van der Waals surface area (Å²) in [6, 6.07) is 11.3.